The van der Waals surface area contributed by atoms with Crippen molar-refractivity contribution in [3.63, 3.8) is 0 Å². The van der Waals surface area contributed by atoms with Crippen LogP contribution in [0.3, 0.4) is 0 Å². The molecule has 0 aliphatic carbocycles. The normalized spacial score (nSPS) is 13.3. The molecule has 2 rings (SSSR count). The lowest BCUT2D eigenvalue weighted by Gasteiger charge is -2.20. The molecular weight excluding hydrogens is 280 g/mol. The summed E-state index contributed by atoms with van der Waals surface area (Å²) in [6.07, 6.45) is 0. The van der Waals surface area contributed by atoms with Gasteiger partial charge in [-0.15, -0.1) is 0 Å². The third-order valence-corrected chi connectivity index (χ3v) is 3.39. The van der Waals surface area contributed by atoms with E-state index < -0.39 is 18.1 Å². The highest BCUT2D eigenvalue weighted by Crippen LogP contribution is 2.25. The summed E-state index contributed by atoms with van der Waals surface area (Å²) >= 11 is 0. The summed E-state index contributed by atoms with van der Waals surface area (Å²) in [4.78, 5) is 11.9. The molecule has 0 spiro atoms. The van der Waals surface area contributed by atoms with Crippen LogP contribution >= 0.6 is 0 Å². The largest absolute Gasteiger partial charge is 0.497 e. The van der Waals surface area contributed by atoms with Gasteiger partial charge in [0.25, 0.3) is 0 Å². The van der Waals surface area contributed by atoms with Gasteiger partial charge in [0.15, 0.2) is 0 Å². The van der Waals surface area contributed by atoms with Gasteiger partial charge in [-0.25, -0.2) is 0 Å². The van der Waals surface area contributed by atoms with Crippen LogP contribution < -0.4 is 15.8 Å². The number of aliphatic hydroxyl groups is 1. The molecule has 1 atom stereocenters. The summed E-state index contributed by atoms with van der Waals surface area (Å²) in [5, 5.41) is 11.8. The molecule has 0 radical (unpaired) electrons. The molecule has 22 heavy (non-hydrogen) atoms. The lowest BCUT2D eigenvalue weighted by Crippen LogP contribution is -2.51. The fraction of sp³-hybridized carbons (Fsp3) is 0.235. The summed E-state index contributed by atoms with van der Waals surface area (Å²) < 4.78 is 5.21. The number of benzene rings is 2. The molecule has 4 N–H and O–H groups in total. The Morgan fingerprint density at radius 1 is 1.23 bits per heavy atom. The molecule has 0 bridgehead atoms. The number of ether oxygens (including phenoxy) is 1. The van der Waals surface area contributed by atoms with E-state index in [2.05, 4.69) is 5.32 Å². The van der Waals surface area contributed by atoms with E-state index in [0.717, 1.165) is 16.9 Å². The van der Waals surface area contributed by atoms with Gasteiger partial charge in [-0.05, 0) is 42.3 Å². The van der Waals surface area contributed by atoms with E-state index in [1.54, 1.807) is 19.2 Å². The molecule has 0 saturated heterocycles. The van der Waals surface area contributed by atoms with Gasteiger partial charge in [0.1, 0.15) is 11.3 Å². The standard InChI is InChI=1S/C17H20N2O3/c1-17(18,11-20)16(21)19-14-8-6-12(7-9-14)13-4-3-5-15(10-13)22-2/h3-10,20H,11,18H2,1-2H3,(H,19,21)/t17-/m0/s1. The molecule has 0 fully saturated rings. The number of nitrogens with two attached hydrogens (primary N) is 1. The SMILES string of the molecule is COc1cccc(-c2ccc(NC(=O)[C@@](C)(N)CO)cc2)c1. The molecule has 0 aliphatic rings. The number of hydrogen-bond donors (Lipinski definition) is 3. The zero-order valence-electron chi connectivity index (χ0n) is 12.7. The number of hydrogen-bond acceptors (Lipinski definition) is 4. The molecule has 116 valence electrons. The Morgan fingerprint density at radius 2 is 1.91 bits per heavy atom. The van der Waals surface area contributed by atoms with Crippen LogP contribution in [0.5, 0.6) is 5.75 Å². The average molecular weight is 300 g/mol. The van der Waals surface area contributed by atoms with E-state index >= 15 is 0 Å². The average Bonchev–Trinajstić information content (AvgIpc) is 2.55. The van der Waals surface area contributed by atoms with Gasteiger partial charge >= 0.3 is 0 Å². The van der Waals surface area contributed by atoms with Crippen molar-refractivity contribution in [2.45, 2.75) is 12.5 Å². The van der Waals surface area contributed by atoms with E-state index in [4.69, 9.17) is 15.6 Å². The highest BCUT2D eigenvalue weighted by atomic mass is 16.5. The molecule has 2 aromatic carbocycles. The van der Waals surface area contributed by atoms with Crippen LogP contribution in [0.1, 0.15) is 6.92 Å². The minimum Gasteiger partial charge on any atom is -0.497 e. The molecule has 0 saturated carbocycles. The highest BCUT2D eigenvalue weighted by Gasteiger charge is 2.27. The van der Waals surface area contributed by atoms with Crippen molar-refractivity contribution in [1.29, 1.82) is 0 Å². The van der Waals surface area contributed by atoms with Gasteiger partial charge < -0.3 is 20.9 Å². The van der Waals surface area contributed by atoms with E-state index in [1.165, 1.54) is 6.92 Å². The third-order valence-electron chi connectivity index (χ3n) is 3.39. The number of methoxy groups -OCH3 is 1. The number of anilines is 1. The van der Waals surface area contributed by atoms with Crippen LogP contribution in [-0.4, -0.2) is 30.3 Å². The zero-order chi connectivity index (χ0) is 16.2. The smallest absolute Gasteiger partial charge is 0.246 e. The monoisotopic (exact) mass is 300 g/mol. The summed E-state index contributed by atoms with van der Waals surface area (Å²) in [6, 6.07) is 15.1. The Bertz CT molecular complexity index is 651. The van der Waals surface area contributed by atoms with Crippen molar-refractivity contribution in [2.24, 2.45) is 5.73 Å². The number of aliphatic hydroxyl groups excluding tert-OH is 1. The van der Waals surface area contributed by atoms with Crippen molar-refractivity contribution in [2.75, 3.05) is 19.0 Å². The second-order valence-electron chi connectivity index (χ2n) is 5.34. The maximum absolute atomic E-state index is 11.9. The van der Waals surface area contributed by atoms with Crippen LogP contribution in [-0.2, 0) is 4.79 Å². The van der Waals surface area contributed by atoms with Crippen molar-refractivity contribution >= 4 is 11.6 Å². The predicted octanol–water partition coefficient (Wildman–Crippen LogP) is 2.01. The molecule has 1 amide bonds. The van der Waals surface area contributed by atoms with E-state index in [-0.39, 0.29) is 0 Å². The summed E-state index contributed by atoms with van der Waals surface area (Å²) in [5.74, 6) is 0.362. The van der Waals surface area contributed by atoms with Gasteiger partial charge in [0.2, 0.25) is 5.91 Å². The van der Waals surface area contributed by atoms with Crippen LogP contribution in [0.4, 0.5) is 5.69 Å². The quantitative estimate of drug-likeness (QED) is 0.788. The topological polar surface area (TPSA) is 84.6 Å². The second kappa shape index (κ2) is 6.60. The maximum atomic E-state index is 11.9. The molecule has 0 heterocycles. The number of carbonyl (C=O) groups is 1. The first-order chi connectivity index (χ1) is 10.5. The number of amides is 1. The van der Waals surface area contributed by atoms with Gasteiger partial charge in [-0.3, -0.25) is 4.79 Å². The predicted molar refractivity (Wildman–Crippen MR) is 86.7 cm³/mol. The fourth-order valence-electron chi connectivity index (χ4n) is 1.89. The van der Waals surface area contributed by atoms with Gasteiger partial charge in [0, 0.05) is 5.69 Å². The van der Waals surface area contributed by atoms with Gasteiger partial charge in [0.05, 0.1) is 13.7 Å². The van der Waals surface area contributed by atoms with Crippen molar-refractivity contribution in [1.82, 2.24) is 0 Å². The van der Waals surface area contributed by atoms with Gasteiger partial charge in [-0.1, -0.05) is 24.3 Å². The fourth-order valence-corrected chi connectivity index (χ4v) is 1.89. The van der Waals surface area contributed by atoms with Crippen LogP contribution in [0.25, 0.3) is 11.1 Å². The minimum absolute atomic E-state index is 0.416. The number of nitrogens with one attached hydrogen (secondary N) is 1. The Hall–Kier alpha value is -2.37. The lowest BCUT2D eigenvalue weighted by atomic mass is 10.0. The first-order valence-electron chi connectivity index (χ1n) is 6.92. The molecule has 5 nitrogen and oxygen atoms in total. The summed E-state index contributed by atoms with van der Waals surface area (Å²) in [6.45, 7) is 1.06. The Kier molecular flexibility index (Phi) is 4.80. The van der Waals surface area contributed by atoms with Gasteiger partial charge in [-0.2, -0.15) is 0 Å². The van der Waals surface area contributed by atoms with Crippen molar-refractivity contribution in [3.8, 4) is 16.9 Å². The Balaban J connectivity index is 2.15. The third kappa shape index (κ3) is 3.63. The van der Waals surface area contributed by atoms with Crippen LogP contribution in [0.2, 0.25) is 0 Å². The molecule has 0 aliphatic heterocycles. The summed E-state index contributed by atoms with van der Waals surface area (Å²) in [7, 11) is 1.63. The molecule has 0 unspecified atom stereocenters. The Labute approximate surface area is 129 Å². The van der Waals surface area contributed by atoms with Crippen molar-refractivity contribution < 1.29 is 14.6 Å². The first-order valence-corrected chi connectivity index (χ1v) is 6.92. The zero-order valence-corrected chi connectivity index (χ0v) is 12.7. The molecule has 0 aromatic heterocycles. The van der Waals surface area contributed by atoms with E-state index in [9.17, 15) is 4.79 Å². The molecular formula is C17H20N2O3. The van der Waals surface area contributed by atoms with Crippen LogP contribution in [0.15, 0.2) is 48.5 Å². The molecule has 5 heteroatoms. The van der Waals surface area contributed by atoms with E-state index in [0.29, 0.717) is 5.69 Å². The Morgan fingerprint density at radius 3 is 2.50 bits per heavy atom. The van der Waals surface area contributed by atoms with E-state index in [1.807, 2.05) is 36.4 Å². The van der Waals surface area contributed by atoms with Crippen LogP contribution in [0, 0.1) is 0 Å². The first kappa shape index (κ1) is 16.0. The lowest BCUT2D eigenvalue weighted by molar-refractivity contribution is -0.121. The number of rotatable bonds is 5. The van der Waals surface area contributed by atoms with Crippen molar-refractivity contribution in [3.05, 3.63) is 48.5 Å². The highest BCUT2D eigenvalue weighted by molar-refractivity contribution is 5.97. The maximum Gasteiger partial charge on any atom is 0.246 e. The number of carbonyl (C=O) groups excluding carboxylic acids is 1. The minimum atomic E-state index is -1.30. The molecule has 2 aromatic rings. The summed E-state index contributed by atoms with van der Waals surface area (Å²) in [5.41, 5.74) is 7.04. The second-order valence-corrected chi connectivity index (χ2v) is 5.34.